The van der Waals surface area contributed by atoms with Gasteiger partial charge in [0.25, 0.3) is 0 Å². The lowest BCUT2D eigenvalue weighted by Crippen LogP contribution is -2.58. The van der Waals surface area contributed by atoms with Crippen LogP contribution in [0.1, 0.15) is 38.5 Å². The molecule has 0 bridgehead atoms. The van der Waals surface area contributed by atoms with Crippen molar-refractivity contribution in [3.63, 3.8) is 0 Å². The van der Waals surface area contributed by atoms with E-state index in [4.69, 9.17) is 0 Å². The zero-order chi connectivity index (χ0) is 14.9. The Kier molecular flexibility index (Phi) is 4.37. The Morgan fingerprint density at radius 2 is 1.70 bits per heavy atom. The van der Waals surface area contributed by atoms with Gasteiger partial charge in [-0.1, -0.05) is 6.42 Å². The van der Waals surface area contributed by atoms with E-state index < -0.39 is 11.9 Å². The second-order valence-electron chi connectivity index (χ2n) is 6.65. The molecule has 0 aromatic carbocycles. The third-order valence-corrected chi connectivity index (χ3v) is 5.29. The normalized spacial score (nSPS) is 28.2. The quantitative estimate of drug-likeness (QED) is 0.828. The first-order valence-electron chi connectivity index (χ1n) is 7.52. The molecule has 2 aliphatic rings. The van der Waals surface area contributed by atoms with Crippen molar-refractivity contribution < 1.29 is 14.7 Å². The van der Waals surface area contributed by atoms with E-state index in [1.807, 2.05) is 7.05 Å². The maximum atomic E-state index is 12.5. The van der Waals surface area contributed by atoms with E-state index in [9.17, 15) is 14.7 Å². The minimum atomic E-state index is -0.819. The summed E-state index contributed by atoms with van der Waals surface area (Å²) in [4.78, 5) is 27.7. The molecule has 0 saturated heterocycles. The van der Waals surface area contributed by atoms with Crippen LogP contribution < -0.4 is 0 Å². The zero-order valence-corrected chi connectivity index (χ0v) is 12.8. The first kappa shape index (κ1) is 15.3. The van der Waals surface area contributed by atoms with Crippen molar-refractivity contribution >= 4 is 11.9 Å². The molecular formula is C15H26N2O3. The number of carbonyl (C=O) groups is 2. The molecule has 114 valence electrons. The minimum Gasteiger partial charge on any atom is -0.481 e. The van der Waals surface area contributed by atoms with Gasteiger partial charge in [0.2, 0.25) is 5.91 Å². The first-order chi connectivity index (χ1) is 9.37. The summed E-state index contributed by atoms with van der Waals surface area (Å²) in [6.45, 7) is 0.710. The third-order valence-electron chi connectivity index (χ3n) is 5.29. The van der Waals surface area contributed by atoms with E-state index >= 15 is 0 Å². The Morgan fingerprint density at radius 1 is 1.10 bits per heavy atom. The van der Waals surface area contributed by atoms with Gasteiger partial charge in [0.05, 0.1) is 11.8 Å². The lowest BCUT2D eigenvalue weighted by Gasteiger charge is -2.49. The fourth-order valence-electron chi connectivity index (χ4n) is 3.69. The van der Waals surface area contributed by atoms with Crippen LogP contribution in [0.15, 0.2) is 0 Å². The highest BCUT2D eigenvalue weighted by Crippen LogP contribution is 2.38. The molecule has 5 heteroatoms. The fourth-order valence-corrected chi connectivity index (χ4v) is 3.69. The summed E-state index contributed by atoms with van der Waals surface area (Å²) < 4.78 is 0. The topological polar surface area (TPSA) is 60.9 Å². The number of amides is 1. The Morgan fingerprint density at radius 3 is 2.15 bits per heavy atom. The van der Waals surface area contributed by atoms with Gasteiger partial charge in [-0.3, -0.25) is 9.59 Å². The average Bonchev–Trinajstić information content (AvgIpc) is 2.81. The first-order valence-corrected chi connectivity index (χ1v) is 7.52. The molecule has 2 unspecified atom stereocenters. The molecule has 0 aromatic heterocycles. The van der Waals surface area contributed by atoms with Crippen LogP contribution in [0.3, 0.4) is 0 Å². The fraction of sp³-hybridized carbons (Fsp3) is 0.867. The Labute approximate surface area is 120 Å². The lowest BCUT2D eigenvalue weighted by atomic mass is 9.75. The molecule has 5 nitrogen and oxygen atoms in total. The van der Waals surface area contributed by atoms with E-state index in [0.717, 1.165) is 25.7 Å². The van der Waals surface area contributed by atoms with Crippen molar-refractivity contribution in [1.82, 2.24) is 9.80 Å². The molecule has 2 aliphatic carbocycles. The standard InChI is InChI=1S/C15H26N2O3/c1-16(2)15(8-5-9-15)10-17(3)13(18)11-6-4-7-12(11)14(19)20/h11-12H,4-10H2,1-3H3,(H,19,20). The molecule has 1 amide bonds. The van der Waals surface area contributed by atoms with Crippen molar-refractivity contribution in [3.05, 3.63) is 0 Å². The van der Waals surface area contributed by atoms with Crippen molar-refractivity contribution in [2.75, 3.05) is 27.7 Å². The van der Waals surface area contributed by atoms with E-state index in [1.54, 1.807) is 4.90 Å². The molecular weight excluding hydrogens is 256 g/mol. The van der Waals surface area contributed by atoms with Crippen LogP contribution >= 0.6 is 0 Å². The Bertz CT molecular complexity index is 391. The molecule has 0 aromatic rings. The molecule has 0 heterocycles. The summed E-state index contributed by atoms with van der Waals surface area (Å²) in [6.07, 6.45) is 5.64. The summed E-state index contributed by atoms with van der Waals surface area (Å²) in [7, 11) is 5.95. The maximum absolute atomic E-state index is 12.5. The SMILES string of the molecule is CN(CC1(N(C)C)CCC1)C(=O)C1CCCC1C(=O)O. The molecule has 2 fully saturated rings. The van der Waals surface area contributed by atoms with Gasteiger partial charge >= 0.3 is 5.97 Å². The second kappa shape index (κ2) is 5.72. The van der Waals surface area contributed by atoms with Crippen LogP contribution in [0.4, 0.5) is 0 Å². The van der Waals surface area contributed by atoms with Crippen LogP contribution in [0.5, 0.6) is 0 Å². The number of carbonyl (C=O) groups excluding carboxylic acids is 1. The van der Waals surface area contributed by atoms with Crippen LogP contribution in [0.25, 0.3) is 0 Å². The van der Waals surface area contributed by atoms with Gasteiger partial charge in [0.1, 0.15) is 0 Å². The van der Waals surface area contributed by atoms with Crippen molar-refractivity contribution in [2.45, 2.75) is 44.1 Å². The zero-order valence-electron chi connectivity index (χ0n) is 12.8. The van der Waals surface area contributed by atoms with E-state index in [-0.39, 0.29) is 17.4 Å². The molecule has 2 atom stereocenters. The number of likely N-dealkylation sites (N-methyl/N-ethyl adjacent to an activating group) is 2. The summed E-state index contributed by atoms with van der Waals surface area (Å²) >= 11 is 0. The van der Waals surface area contributed by atoms with Gasteiger partial charge in [-0.05, 0) is 46.2 Å². The number of hydrogen-bond donors (Lipinski definition) is 1. The number of carboxylic acid groups (broad SMARTS) is 1. The second-order valence-corrected chi connectivity index (χ2v) is 6.65. The summed E-state index contributed by atoms with van der Waals surface area (Å²) in [5.74, 6) is -1.61. The van der Waals surface area contributed by atoms with Gasteiger partial charge in [-0.2, -0.15) is 0 Å². The molecule has 1 N–H and O–H groups in total. The van der Waals surface area contributed by atoms with Gasteiger partial charge in [0, 0.05) is 19.1 Å². The summed E-state index contributed by atoms with van der Waals surface area (Å²) in [5, 5.41) is 9.21. The number of hydrogen-bond acceptors (Lipinski definition) is 3. The number of carboxylic acids is 1. The highest BCUT2D eigenvalue weighted by Gasteiger charge is 2.44. The van der Waals surface area contributed by atoms with Gasteiger partial charge in [-0.15, -0.1) is 0 Å². The molecule has 2 saturated carbocycles. The monoisotopic (exact) mass is 282 g/mol. The van der Waals surface area contributed by atoms with Gasteiger partial charge in [-0.25, -0.2) is 0 Å². The summed E-state index contributed by atoms with van der Waals surface area (Å²) in [6, 6.07) is 0. The van der Waals surface area contributed by atoms with Crippen LogP contribution in [-0.4, -0.2) is 60.0 Å². The molecule has 0 spiro atoms. The van der Waals surface area contributed by atoms with Crippen molar-refractivity contribution in [3.8, 4) is 0 Å². The molecule has 0 radical (unpaired) electrons. The predicted octanol–water partition coefficient (Wildman–Crippen LogP) is 1.43. The van der Waals surface area contributed by atoms with Crippen LogP contribution in [0, 0.1) is 11.8 Å². The molecule has 2 rings (SSSR count). The molecule has 20 heavy (non-hydrogen) atoms. The van der Waals surface area contributed by atoms with Crippen molar-refractivity contribution in [2.24, 2.45) is 11.8 Å². The van der Waals surface area contributed by atoms with Crippen LogP contribution in [0.2, 0.25) is 0 Å². The van der Waals surface area contributed by atoms with Crippen LogP contribution in [-0.2, 0) is 9.59 Å². The van der Waals surface area contributed by atoms with Gasteiger partial charge in [0.15, 0.2) is 0 Å². The van der Waals surface area contributed by atoms with Gasteiger partial charge < -0.3 is 14.9 Å². The number of rotatable bonds is 5. The maximum Gasteiger partial charge on any atom is 0.307 e. The minimum absolute atomic E-state index is 0.0167. The predicted molar refractivity (Wildman–Crippen MR) is 76.4 cm³/mol. The molecule has 0 aliphatic heterocycles. The lowest BCUT2D eigenvalue weighted by molar-refractivity contribution is -0.149. The Hall–Kier alpha value is -1.10. The van der Waals surface area contributed by atoms with E-state index in [0.29, 0.717) is 13.0 Å². The number of aliphatic carboxylic acids is 1. The smallest absolute Gasteiger partial charge is 0.307 e. The van der Waals surface area contributed by atoms with E-state index in [2.05, 4.69) is 19.0 Å². The average molecular weight is 282 g/mol. The largest absolute Gasteiger partial charge is 0.481 e. The Balaban J connectivity index is 2.00. The summed E-state index contributed by atoms with van der Waals surface area (Å²) in [5.41, 5.74) is 0.0989. The highest BCUT2D eigenvalue weighted by molar-refractivity contribution is 5.85. The highest BCUT2D eigenvalue weighted by atomic mass is 16.4. The van der Waals surface area contributed by atoms with E-state index in [1.165, 1.54) is 6.42 Å². The third kappa shape index (κ3) is 2.68. The van der Waals surface area contributed by atoms with Crippen molar-refractivity contribution in [1.29, 1.82) is 0 Å². The number of nitrogens with zero attached hydrogens (tertiary/aromatic N) is 2.